The molecule has 0 aliphatic heterocycles. The van der Waals surface area contributed by atoms with Crippen molar-refractivity contribution in [1.29, 1.82) is 0 Å². The van der Waals surface area contributed by atoms with E-state index >= 15 is 0 Å². The highest BCUT2D eigenvalue weighted by Gasteiger charge is 2.22. The minimum Gasteiger partial charge on any atom is -0.506 e. The number of rotatable bonds is 4. The van der Waals surface area contributed by atoms with E-state index in [4.69, 9.17) is 0 Å². The predicted molar refractivity (Wildman–Crippen MR) is 56.9 cm³/mol. The van der Waals surface area contributed by atoms with Crippen LogP contribution in [0.4, 0.5) is 0 Å². The van der Waals surface area contributed by atoms with Crippen LogP contribution in [0.5, 0.6) is 11.7 Å². The highest BCUT2D eigenvalue weighted by molar-refractivity contribution is 5.98. The molecule has 16 heavy (non-hydrogen) atoms. The molecule has 1 aromatic rings. The van der Waals surface area contributed by atoms with Gasteiger partial charge in [-0.2, -0.15) is 0 Å². The van der Waals surface area contributed by atoms with Gasteiger partial charge in [0.05, 0.1) is 5.56 Å². The Balaban J connectivity index is 3.45. The van der Waals surface area contributed by atoms with Gasteiger partial charge < -0.3 is 14.6 Å². The third-order valence-electron chi connectivity index (χ3n) is 2.27. The Morgan fingerprint density at radius 3 is 2.44 bits per heavy atom. The predicted octanol–water partition coefficient (Wildman–Crippen LogP) is 1.60. The maximum atomic E-state index is 11.4. The Bertz CT molecular complexity index is 458. The van der Waals surface area contributed by atoms with E-state index in [2.05, 4.69) is 4.42 Å². The van der Waals surface area contributed by atoms with Crippen LogP contribution in [0, 0.1) is 0 Å². The fourth-order valence-corrected chi connectivity index (χ4v) is 1.45. The monoisotopic (exact) mass is 226 g/mol. The molecule has 1 heterocycles. The molecule has 0 fully saturated rings. The van der Waals surface area contributed by atoms with Gasteiger partial charge in [-0.05, 0) is 6.42 Å². The van der Waals surface area contributed by atoms with Crippen molar-refractivity contribution in [3.05, 3.63) is 21.5 Å². The van der Waals surface area contributed by atoms with Crippen molar-refractivity contribution in [2.75, 3.05) is 0 Å². The van der Waals surface area contributed by atoms with Gasteiger partial charge in [0.2, 0.25) is 0 Å². The normalized spacial score (nSPS) is 10.4. The van der Waals surface area contributed by atoms with Crippen LogP contribution in [0.3, 0.4) is 0 Å². The van der Waals surface area contributed by atoms with Crippen molar-refractivity contribution in [2.45, 2.75) is 33.1 Å². The summed E-state index contributed by atoms with van der Waals surface area (Å²) in [6.07, 6.45) is 1.08. The second-order valence-electron chi connectivity index (χ2n) is 3.42. The molecule has 0 unspecified atom stereocenters. The first-order valence-corrected chi connectivity index (χ1v) is 5.14. The number of carbonyl (C=O) groups excluding carboxylic acids is 1. The minimum absolute atomic E-state index is 0.0919. The summed E-state index contributed by atoms with van der Waals surface area (Å²) in [5, 5.41) is 19.1. The van der Waals surface area contributed by atoms with Crippen LogP contribution in [0.2, 0.25) is 0 Å². The van der Waals surface area contributed by atoms with Crippen molar-refractivity contribution in [2.24, 2.45) is 0 Å². The SMILES string of the molecule is CCCc1c(O)oc(=O)c(C(=O)CC)c1O. The lowest BCUT2D eigenvalue weighted by molar-refractivity contribution is 0.0980. The molecule has 5 heteroatoms. The molecule has 0 amide bonds. The Kier molecular flexibility index (Phi) is 3.71. The first kappa shape index (κ1) is 12.3. The summed E-state index contributed by atoms with van der Waals surface area (Å²) < 4.78 is 4.51. The number of hydrogen-bond acceptors (Lipinski definition) is 5. The van der Waals surface area contributed by atoms with Gasteiger partial charge in [-0.25, -0.2) is 4.79 Å². The van der Waals surface area contributed by atoms with E-state index in [1.165, 1.54) is 0 Å². The Morgan fingerprint density at radius 2 is 1.94 bits per heavy atom. The van der Waals surface area contributed by atoms with Gasteiger partial charge in [-0.3, -0.25) is 4.79 Å². The van der Waals surface area contributed by atoms with E-state index in [1.807, 2.05) is 6.92 Å². The van der Waals surface area contributed by atoms with Gasteiger partial charge >= 0.3 is 5.63 Å². The lowest BCUT2D eigenvalue weighted by atomic mass is 10.0. The van der Waals surface area contributed by atoms with Crippen molar-refractivity contribution in [3.8, 4) is 11.7 Å². The van der Waals surface area contributed by atoms with Crippen LogP contribution in [-0.4, -0.2) is 16.0 Å². The zero-order valence-electron chi connectivity index (χ0n) is 9.24. The second kappa shape index (κ2) is 4.83. The first-order chi connectivity index (χ1) is 7.52. The van der Waals surface area contributed by atoms with Crippen LogP contribution in [0.25, 0.3) is 0 Å². The van der Waals surface area contributed by atoms with Gasteiger partial charge in [-0.15, -0.1) is 0 Å². The van der Waals surface area contributed by atoms with Gasteiger partial charge in [-0.1, -0.05) is 20.3 Å². The second-order valence-corrected chi connectivity index (χ2v) is 3.42. The van der Waals surface area contributed by atoms with Crippen molar-refractivity contribution < 1.29 is 19.4 Å². The largest absolute Gasteiger partial charge is 0.506 e. The summed E-state index contributed by atoms with van der Waals surface area (Å²) in [7, 11) is 0. The first-order valence-electron chi connectivity index (χ1n) is 5.14. The third kappa shape index (κ3) is 2.08. The number of aromatic hydroxyl groups is 2. The highest BCUT2D eigenvalue weighted by Crippen LogP contribution is 2.29. The van der Waals surface area contributed by atoms with Gasteiger partial charge in [0.15, 0.2) is 5.78 Å². The van der Waals surface area contributed by atoms with E-state index in [9.17, 15) is 19.8 Å². The number of Topliss-reactive ketones (excluding diaryl/α,β-unsaturated/α-hetero) is 1. The molecule has 2 N–H and O–H groups in total. The summed E-state index contributed by atoms with van der Waals surface area (Å²) in [6, 6.07) is 0. The molecule has 0 saturated carbocycles. The highest BCUT2D eigenvalue weighted by atomic mass is 16.5. The Labute approximate surface area is 92.3 Å². The summed E-state index contributed by atoms with van der Waals surface area (Å²) in [4.78, 5) is 22.7. The van der Waals surface area contributed by atoms with Crippen LogP contribution in [-0.2, 0) is 6.42 Å². The molecule has 0 radical (unpaired) electrons. The van der Waals surface area contributed by atoms with Gasteiger partial charge in [0.25, 0.3) is 5.95 Å². The Hall–Kier alpha value is -1.78. The van der Waals surface area contributed by atoms with E-state index in [0.717, 1.165) is 0 Å². The number of hydrogen-bond donors (Lipinski definition) is 2. The molecular weight excluding hydrogens is 212 g/mol. The smallest absolute Gasteiger partial charge is 0.353 e. The van der Waals surface area contributed by atoms with Gasteiger partial charge in [0.1, 0.15) is 11.3 Å². The summed E-state index contributed by atoms with van der Waals surface area (Å²) in [5.74, 6) is -1.57. The molecule has 88 valence electrons. The van der Waals surface area contributed by atoms with E-state index in [0.29, 0.717) is 12.8 Å². The summed E-state index contributed by atoms with van der Waals surface area (Å²) in [6.45, 7) is 3.42. The third-order valence-corrected chi connectivity index (χ3v) is 2.27. The summed E-state index contributed by atoms with van der Waals surface area (Å²) >= 11 is 0. The maximum Gasteiger partial charge on any atom is 0.353 e. The van der Waals surface area contributed by atoms with Crippen LogP contribution < -0.4 is 5.63 Å². The molecule has 0 bridgehead atoms. The molecule has 1 aromatic heterocycles. The minimum atomic E-state index is -0.998. The lowest BCUT2D eigenvalue weighted by Gasteiger charge is -2.07. The molecule has 0 aliphatic rings. The van der Waals surface area contributed by atoms with E-state index < -0.39 is 23.1 Å². The van der Waals surface area contributed by atoms with Crippen LogP contribution in [0.15, 0.2) is 9.21 Å². The molecule has 0 aromatic carbocycles. The van der Waals surface area contributed by atoms with Crippen LogP contribution >= 0.6 is 0 Å². The molecule has 0 saturated heterocycles. The molecule has 0 aliphatic carbocycles. The number of carbonyl (C=O) groups is 1. The van der Waals surface area contributed by atoms with Crippen LogP contribution in [0.1, 0.15) is 42.6 Å². The van der Waals surface area contributed by atoms with Gasteiger partial charge in [0, 0.05) is 6.42 Å². The quantitative estimate of drug-likeness (QED) is 0.761. The maximum absolute atomic E-state index is 11.4. The number of ketones is 1. The molecule has 0 spiro atoms. The summed E-state index contributed by atoms with van der Waals surface area (Å²) in [5.41, 5.74) is -1.26. The fourth-order valence-electron chi connectivity index (χ4n) is 1.45. The Morgan fingerprint density at radius 1 is 1.31 bits per heavy atom. The van der Waals surface area contributed by atoms with Crippen molar-refractivity contribution in [3.63, 3.8) is 0 Å². The standard InChI is InChI=1S/C11H14O5/c1-3-5-6-9(13)8(7(12)4-2)11(15)16-10(6)14/h13-14H,3-5H2,1-2H3. The average molecular weight is 226 g/mol. The topological polar surface area (TPSA) is 87.7 Å². The van der Waals surface area contributed by atoms with Crippen molar-refractivity contribution >= 4 is 5.78 Å². The zero-order chi connectivity index (χ0) is 12.3. The average Bonchev–Trinajstić information content (AvgIpc) is 2.23. The molecule has 5 nitrogen and oxygen atoms in total. The molecular formula is C11H14O5. The van der Waals surface area contributed by atoms with E-state index in [1.54, 1.807) is 6.92 Å². The van der Waals surface area contributed by atoms with E-state index in [-0.39, 0.29) is 17.5 Å². The molecule has 1 rings (SSSR count). The lowest BCUT2D eigenvalue weighted by Crippen LogP contribution is -2.14. The fraction of sp³-hybridized carbons (Fsp3) is 0.455. The molecule has 0 atom stereocenters. The zero-order valence-corrected chi connectivity index (χ0v) is 9.24. The van der Waals surface area contributed by atoms with Crippen molar-refractivity contribution in [1.82, 2.24) is 0 Å².